The molecule has 4 aromatic rings. The Kier molecular flexibility index (Phi) is 5.77. The molecule has 9 nitrogen and oxygen atoms in total. The van der Waals surface area contributed by atoms with Crippen molar-refractivity contribution in [3.8, 4) is 11.4 Å². The van der Waals surface area contributed by atoms with E-state index in [-0.39, 0.29) is 5.69 Å². The number of alkyl halides is 3. The van der Waals surface area contributed by atoms with Crippen molar-refractivity contribution in [1.82, 2.24) is 24.5 Å². The highest BCUT2D eigenvalue weighted by atomic mass is 19.4. The number of H-pyrrole nitrogens is 1. The summed E-state index contributed by atoms with van der Waals surface area (Å²) in [5.74, 6) is -2.04. The molecule has 2 aromatic heterocycles. The van der Waals surface area contributed by atoms with E-state index in [2.05, 4.69) is 20.6 Å². The average Bonchev–Trinajstić information content (AvgIpc) is 3.45. The van der Waals surface area contributed by atoms with Gasteiger partial charge in [-0.2, -0.15) is 23.0 Å². The van der Waals surface area contributed by atoms with Crippen molar-refractivity contribution in [1.29, 1.82) is 0 Å². The molecule has 188 valence electrons. The molecule has 0 saturated carbocycles. The fourth-order valence-corrected chi connectivity index (χ4v) is 4.06. The van der Waals surface area contributed by atoms with Crippen molar-refractivity contribution in [3.63, 3.8) is 0 Å². The normalized spacial score (nSPS) is 14.5. The molecule has 5 rings (SSSR count). The molecule has 0 bridgehead atoms. The maximum absolute atomic E-state index is 15.3. The van der Waals surface area contributed by atoms with Crippen molar-refractivity contribution >= 4 is 22.5 Å². The Morgan fingerprint density at radius 1 is 1.25 bits per heavy atom. The molecule has 1 atom stereocenters. The van der Waals surface area contributed by atoms with Gasteiger partial charge in [-0.25, -0.2) is 9.18 Å². The fourth-order valence-electron chi connectivity index (χ4n) is 4.06. The number of nitrogens with zero attached hydrogens (tertiary/aromatic N) is 4. The first-order valence-corrected chi connectivity index (χ1v) is 11.1. The lowest BCUT2D eigenvalue weighted by atomic mass is 10.1. The minimum atomic E-state index is -4.76. The van der Waals surface area contributed by atoms with Crippen LogP contribution < -0.4 is 15.7 Å². The molecular formula is C23H20F4N6O3. The number of carbonyl (C=O) groups is 1. The lowest BCUT2D eigenvalue weighted by Crippen LogP contribution is -2.32. The first-order chi connectivity index (χ1) is 17.1. The molecule has 0 spiro atoms. The number of hydrogen-bond donors (Lipinski definition) is 2. The van der Waals surface area contributed by atoms with Gasteiger partial charge in [-0.05, 0) is 31.9 Å². The smallest absolute Gasteiger partial charge is 0.425 e. The van der Waals surface area contributed by atoms with Crippen molar-refractivity contribution < 1.29 is 27.1 Å². The van der Waals surface area contributed by atoms with Crippen LogP contribution >= 0.6 is 0 Å². The predicted molar refractivity (Wildman–Crippen MR) is 121 cm³/mol. The fraction of sp³-hybridized carbons (Fsp3) is 0.304. The zero-order valence-electron chi connectivity index (χ0n) is 18.9. The number of nitrogens with one attached hydrogen (secondary N) is 2. The second-order valence-corrected chi connectivity index (χ2v) is 8.41. The molecule has 1 amide bonds. The maximum atomic E-state index is 15.3. The minimum Gasteiger partial charge on any atom is -0.480 e. The first-order valence-electron chi connectivity index (χ1n) is 11.1. The van der Waals surface area contributed by atoms with Gasteiger partial charge in [-0.1, -0.05) is 12.1 Å². The standard InChI is InChI=1S/C23H20F4N6O3/c1-12(23(25,26)27)36-18-10-17(33-22(35)32-8-3-2-7-19(32)31-33)15(24)9-14(18)21(34)29-16-6-4-5-13-11-28-30-20(13)16/h4-6,9-12H,2-3,7-8H2,1H3,(H,28,30)(H,29,34). The summed E-state index contributed by atoms with van der Waals surface area (Å²) in [6, 6.07) is 6.57. The highest BCUT2D eigenvalue weighted by Crippen LogP contribution is 2.31. The molecule has 13 heteroatoms. The quantitative estimate of drug-likeness (QED) is 0.400. The summed E-state index contributed by atoms with van der Waals surface area (Å²) in [5.41, 5.74) is -0.766. The third kappa shape index (κ3) is 4.20. The van der Waals surface area contributed by atoms with Crippen LogP contribution in [0.15, 0.2) is 41.3 Å². The zero-order chi connectivity index (χ0) is 25.6. The number of aromatic nitrogens is 5. The molecule has 2 aromatic carbocycles. The van der Waals surface area contributed by atoms with E-state index in [1.54, 1.807) is 18.2 Å². The van der Waals surface area contributed by atoms with Gasteiger partial charge in [0.15, 0.2) is 6.10 Å². The zero-order valence-corrected chi connectivity index (χ0v) is 18.9. The number of aromatic amines is 1. The lowest BCUT2D eigenvalue weighted by Gasteiger charge is -2.20. The second-order valence-electron chi connectivity index (χ2n) is 8.41. The second kappa shape index (κ2) is 8.81. The number of ether oxygens (including phenoxy) is 1. The summed E-state index contributed by atoms with van der Waals surface area (Å²) in [4.78, 5) is 25.9. The summed E-state index contributed by atoms with van der Waals surface area (Å²) < 4.78 is 62.4. The highest BCUT2D eigenvalue weighted by molar-refractivity contribution is 6.09. The molecule has 1 aliphatic rings. The largest absolute Gasteiger partial charge is 0.480 e. The number of carbonyl (C=O) groups excluding carboxylic acids is 1. The van der Waals surface area contributed by atoms with Gasteiger partial charge >= 0.3 is 11.9 Å². The number of hydrogen-bond acceptors (Lipinski definition) is 5. The molecule has 0 fully saturated rings. The van der Waals surface area contributed by atoms with Crippen LogP contribution in [-0.4, -0.2) is 42.7 Å². The van der Waals surface area contributed by atoms with E-state index in [1.807, 2.05) is 0 Å². The van der Waals surface area contributed by atoms with E-state index >= 15 is 4.39 Å². The molecule has 2 N–H and O–H groups in total. The number of rotatable bonds is 5. The van der Waals surface area contributed by atoms with Crippen molar-refractivity contribution in [2.24, 2.45) is 0 Å². The molecule has 3 heterocycles. The van der Waals surface area contributed by atoms with Gasteiger partial charge in [0.1, 0.15) is 23.1 Å². The van der Waals surface area contributed by atoms with Crippen molar-refractivity contribution in [3.05, 3.63) is 64.2 Å². The number of para-hydroxylation sites is 1. The maximum Gasteiger partial charge on any atom is 0.425 e. The Balaban J connectivity index is 1.58. The van der Waals surface area contributed by atoms with Crippen LogP contribution in [0.5, 0.6) is 5.75 Å². The number of benzene rings is 2. The van der Waals surface area contributed by atoms with Gasteiger partial charge in [0.2, 0.25) is 0 Å². The minimum absolute atomic E-state index is 0.285. The Hall–Kier alpha value is -4.16. The van der Waals surface area contributed by atoms with E-state index in [9.17, 15) is 22.8 Å². The number of halogens is 4. The van der Waals surface area contributed by atoms with Crippen LogP contribution in [-0.2, 0) is 13.0 Å². The predicted octanol–water partition coefficient (Wildman–Crippen LogP) is 3.97. The molecular weight excluding hydrogens is 484 g/mol. The average molecular weight is 504 g/mol. The summed E-state index contributed by atoms with van der Waals surface area (Å²) in [5, 5.41) is 14.0. The van der Waals surface area contributed by atoms with Gasteiger partial charge < -0.3 is 10.1 Å². The monoisotopic (exact) mass is 504 g/mol. The van der Waals surface area contributed by atoms with E-state index < -0.39 is 46.7 Å². The molecule has 0 aliphatic carbocycles. The van der Waals surface area contributed by atoms with Gasteiger partial charge in [0.05, 0.1) is 23.0 Å². The van der Waals surface area contributed by atoms with Crippen LogP contribution in [0.2, 0.25) is 0 Å². The molecule has 1 aliphatic heterocycles. The van der Waals surface area contributed by atoms with Crippen LogP contribution in [0, 0.1) is 5.82 Å². The van der Waals surface area contributed by atoms with Crippen LogP contribution in [0.1, 0.15) is 35.9 Å². The van der Waals surface area contributed by atoms with Gasteiger partial charge in [-0.3, -0.25) is 14.5 Å². The number of anilines is 1. The van der Waals surface area contributed by atoms with E-state index in [0.717, 1.165) is 36.6 Å². The molecule has 0 radical (unpaired) electrons. The van der Waals surface area contributed by atoms with Crippen molar-refractivity contribution in [2.75, 3.05) is 5.32 Å². The lowest BCUT2D eigenvalue weighted by molar-refractivity contribution is -0.189. The number of aryl methyl sites for hydroxylation is 1. The summed E-state index contributed by atoms with van der Waals surface area (Å²) in [6.07, 6.45) is -3.47. The molecule has 36 heavy (non-hydrogen) atoms. The third-order valence-electron chi connectivity index (χ3n) is 5.98. The first kappa shape index (κ1) is 23.6. The Morgan fingerprint density at radius 3 is 2.81 bits per heavy atom. The summed E-state index contributed by atoms with van der Waals surface area (Å²) in [7, 11) is 0. The molecule has 0 saturated heterocycles. The third-order valence-corrected chi connectivity index (χ3v) is 5.98. The van der Waals surface area contributed by atoms with E-state index in [1.165, 1.54) is 10.8 Å². The van der Waals surface area contributed by atoms with Gasteiger partial charge in [0.25, 0.3) is 5.91 Å². The summed E-state index contributed by atoms with van der Waals surface area (Å²) >= 11 is 0. The summed E-state index contributed by atoms with van der Waals surface area (Å²) in [6.45, 7) is 1.17. The van der Waals surface area contributed by atoms with Crippen LogP contribution in [0.3, 0.4) is 0 Å². The number of amides is 1. The Labute approximate surface area is 200 Å². The Bertz CT molecular complexity index is 1520. The highest BCUT2D eigenvalue weighted by Gasteiger charge is 2.39. The SMILES string of the molecule is CC(Oc1cc(-n2nc3n(c2=O)CCCC3)c(F)cc1C(=O)Nc1cccc2cn[nH]c12)C(F)(F)F. The Morgan fingerprint density at radius 2 is 2.06 bits per heavy atom. The van der Waals surface area contributed by atoms with E-state index in [0.29, 0.717) is 29.7 Å². The molecule has 1 unspecified atom stereocenters. The number of fused-ring (bicyclic) bond motifs is 2. The van der Waals surface area contributed by atoms with Crippen LogP contribution in [0.4, 0.5) is 23.2 Å². The topological polar surface area (TPSA) is 107 Å². The van der Waals surface area contributed by atoms with Gasteiger partial charge in [0, 0.05) is 24.4 Å². The van der Waals surface area contributed by atoms with Crippen LogP contribution in [0.25, 0.3) is 16.6 Å². The van der Waals surface area contributed by atoms with Gasteiger partial charge in [-0.15, -0.1) is 5.10 Å². The van der Waals surface area contributed by atoms with E-state index in [4.69, 9.17) is 4.74 Å². The van der Waals surface area contributed by atoms with Crippen molar-refractivity contribution in [2.45, 2.75) is 45.0 Å².